The zero-order chi connectivity index (χ0) is 19.1. The first-order chi connectivity index (χ1) is 12.5. The van der Waals surface area contributed by atoms with E-state index in [2.05, 4.69) is 0 Å². The monoisotopic (exact) mass is 359 g/mol. The van der Waals surface area contributed by atoms with Crippen LogP contribution in [0.25, 0.3) is 0 Å². The number of primary amides is 1. The van der Waals surface area contributed by atoms with Gasteiger partial charge < -0.3 is 24.7 Å². The highest BCUT2D eigenvalue weighted by Gasteiger charge is 2.23. The Balaban J connectivity index is 2.20. The molecule has 0 aliphatic heterocycles. The molecule has 0 saturated carbocycles. The first-order valence-electron chi connectivity index (χ1n) is 7.82. The molecular formula is C19H21NO6. The summed E-state index contributed by atoms with van der Waals surface area (Å²) >= 11 is 0. The van der Waals surface area contributed by atoms with Gasteiger partial charge in [-0.1, -0.05) is 30.3 Å². The fourth-order valence-electron chi connectivity index (χ4n) is 2.50. The van der Waals surface area contributed by atoms with Crippen molar-refractivity contribution < 1.29 is 28.5 Å². The van der Waals surface area contributed by atoms with Crippen LogP contribution in [0, 0.1) is 0 Å². The Labute approximate surface area is 151 Å². The highest BCUT2D eigenvalue weighted by atomic mass is 16.5. The number of amides is 1. The zero-order valence-corrected chi connectivity index (χ0v) is 14.9. The summed E-state index contributed by atoms with van der Waals surface area (Å²) in [5.74, 6) is -0.0823. The Bertz CT molecular complexity index is 750. The highest BCUT2D eigenvalue weighted by molar-refractivity contribution is 5.84. The predicted molar refractivity (Wildman–Crippen MR) is 94.3 cm³/mol. The van der Waals surface area contributed by atoms with Crippen molar-refractivity contribution in [3.63, 3.8) is 0 Å². The average molecular weight is 359 g/mol. The average Bonchev–Trinajstić information content (AvgIpc) is 2.65. The molecule has 0 heterocycles. The number of rotatable bonds is 8. The van der Waals surface area contributed by atoms with Crippen molar-refractivity contribution in [3.8, 4) is 17.2 Å². The number of esters is 1. The van der Waals surface area contributed by atoms with E-state index in [1.54, 1.807) is 42.5 Å². The van der Waals surface area contributed by atoms with Crippen molar-refractivity contribution in [1.82, 2.24) is 0 Å². The number of carbonyl (C=O) groups excluding carboxylic acids is 2. The van der Waals surface area contributed by atoms with Gasteiger partial charge in [0.05, 0.1) is 27.8 Å². The smallest absolute Gasteiger partial charge is 0.311 e. The second kappa shape index (κ2) is 8.75. The molecule has 1 amide bonds. The molecule has 2 N–H and O–H groups in total. The van der Waals surface area contributed by atoms with Crippen LogP contribution in [0.4, 0.5) is 0 Å². The van der Waals surface area contributed by atoms with Gasteiger partial charge in [0.25, 0.3) is 5.91 Å². The summed E-state index contributed by atoms with van der Waals surface area (Å²) in [6, 6.07) is 11.9. The van der Waals surface area contributed by atoms with Crippen molar-refractivity contribution in [3.05, 3.63) is 53.6 Å². The maximum absolute atomic E-state index is 12.3. The second-order valence-corrected chi connectivity index (χ2v) is 5.39. The molecule has 0 radical (unpaired) electrons. The quantitative estimate of drug-likeness (QED) is 0.724. The van der Waals surface area contributed by atoms with Gasteiger partial charge in [-0.3, -0.25) is 9.59 Å². The minimum absolute atomic E-state index is 0.0900. The molecule has 26 heavy (non-hydrogen) atoms. The summed E-state index contributed by atoms with van der Waals surface area (Å²) in [5, 5.41) is 0. The molecule has 2 aromatic rings. The molecule has 2 rings (SSSR count). The maximum Gasteiger partial charge on any atom is 0.311 e. The van der Waals surface area contributed by atoms with Gasteiger partial charge >= 0.3 is 5.97 Å². The molecule has 0 fully saturated rings. The Morgan fingerprint density at radius 1 is 0.962 bits per heavy atom. The zero-order valence-electron chi connectivity index (χ0n) is 14.9. The minimum atomic E-state index is -1.15. The van der Waals surface area contributed by atoms with E-state index in [1.807, 2.05) is 0 Å². The number of hydrogen-bond acceptors (Lipinski definition) is 6. The van der Waals surface area contributed by atoms with Crippen LogP contribution in [0.2, 0.25) is 0 Å². The van der Waals surface area contributed by atoms with Gasteiger partial charge in [0.2, 0.25) is 11.9 Å². The van der Waals surface area contributed by atoms with Crippen molar-refractivity contribution >= 4 is 11.9 Å². The van der Waals surface area contributed by atoms with Crippen molar-refractivity contribution in [2.24, 2.45) is 5.73 Å². The highest BCUT2D eigenvalue weighted by Crippen LogP contribution is 2.38. The molecule has 1 unspecified atom stereocenters. The first kappa shape index (κ1) is 19.1. The van der Waals surface area contributed by atoms with E-state index < -0.39 is 18.0 Å². The second-order valence-electron chi connectivity index (χ2n) is 5.39. The van der Waals surface area contributed by atoms with Crippen molar-refractivity contribution in [2.75, 3.05) is 21.3 Å². The number of nitrogens with two attached hydrogens (primary N) is 1. The molecule has 1 atom stereocenters. The summed E-state index contributed by atoms with van der Waals surface area (Å²) in [7, 11) is 4.46. The summed E-state index contributed by atoms with van der Waals surface area (Å²) in [5.41, 5.74) is 6.46. The molecule has 0 saturated heterocycles. The molecule has 0 aliphatic carbocycles. The number of hydrogen-bond donors (Lipinski definition) is 1. The summed E-state index contributed by atoms with van der Waals surface area (Å²) in [6.45, 7) is 0. The van der Waals surface area contributed by atoms with Gasteiger partial charge in [-0.25, -0.2) is 0 Å². The Kier molecular flexibility index (Phi) is 6.43. The molecule has 7 nitrogen and oxygen atoms in total. The summed E-state index contributed by atoms with van der Waals surface area (Å²) in [4.78, 5) is 24.0. The van der Waals surface area contributed by atoms with Crippen LogP contribution >= 0.6 is 0 Å². The third-order valence-corrected chi connectivity index (χ3v) is 3.68. The van der Waals surface area contributed by atoms with Gasteiger partial charge in [-0.2, -0.15) is 0 Å². The van der Waals surface area contributed by atoms with Crippen LogP contribution in [-0.4, -0.2) is 33.2 Å². The van der Waals surface area contributed by atoms with Gasteiger partial charge in [0, 0.05) is 5.56 Å². The van der Waals surface area contributed by atoms with Crippen molar-refractivity contribution in [1.29, 1.82) is 0 Å². The Hall–Kier alpha value is -3.22. The van der Waals surface area contributed by atoms with E-state index in [-0.39, 0.29) is 6.42 Å². The van der Waals surface area contributed by atoms with E-state index in [1.165, 1.54) is 21.3 Å². The lowest BCUT2D eigenvalue weighted by Crippen LogP contribution is -2.26. The van der Waals surface area contributed by atoms with Crippen LogP contribution < -0.4 is 19.9 Å². The first-order valence-corrected chi connectivity index (χ1v) is 7.82. The Morgan fingerprint density at radius 3 is 2.00 bits per heavy atom. The normalized spacial score (nSPS) is 11.3. The lowest BCUT2D eigenvalue weighted by atomic mass is 10.1. The number of carbonyl (C=O) groups is 2. The van der Waals surface area contributed by atoms with Gasteiger partial charge in [-0.15, -0.1) is 0 Å². The molecule has 0 spiro atoms. The minimum Gasteiger partial charge on any atom is -0.493 e. The summed E-state index contributed by atoms with van der Waals surface area (Å²) in [6.07, 6.45) is -1.24. The maximum atomic E-state index is 12.3. The topological polar surface area (TPSA) is 97.1 Å². The van der Waals surface area contributed by atoms with Crippen LogP contribution in [0.5, 0.6) is 17.2 Å². The van der Waals surface area contributed by atoms with Crippen LogP contribution in [-0.2, 0) is 20.7 Å². The number of methoxy groups -OCH3 is 3. The Morgan fingerprint density at radius 2 is 1.54 bits per heavy atom. The largest absolute Gasteiger partial charge is 0.493 e. The van der Waals surface area contributed by atoms with E-state index in [0.717, 1.165) is 0 Å². The van der Waals surface area contributed by atoms with Gasteiger partial charge in [0.1, 0.15) is 0 Å². The lowest BCUT2D eigenvalue weighted by Gasteiger charge is -2.16. The van der Waals surface area contributed by atoms with Crippen LogP contribution in [0.3, 0.4) is 0 Å². The molecule has 0 bridgehead atoms. The molecule has 7 heteroatoms. The standard InChI is InChI=1S/C19H21NO6/c1-23-14-9-12(10-15(24-2)18(14)25-3)11-16(21)26-17(19(20)22)13-7-5-4-6-8-13/h4-10,17H,11H2,1-3H3,(H2,20,22). The fourth-order valence-corrected chi connectivity index (χ4v) is 2.50. The van der Waals surface area contributed by atoms with Crippen molar-refractivity contribution in [2.45, 2.75) is 12.5 Å². The number of benzene rings is 2. The van der Waals surface area contributed by atoms with E-state index in [0.29, 0.717) is 28.4 Å². The van der Waals surface area contributed by atoms with Gasteiger partial charge in [0.15, 0.2) is 11.5 Å². The van der Waals surface area contributed by atoms with Crippen LogP contribution in [0.15, 0.2) is 42.5 Å². The summed E-state index contributed by atoms with van der Waals surface area (Å²) < 4.78 is 21.0. The van der Waals surface area contributed by atoms with Gasteiger partial charge in [-0.05, 0) is 17.7 Å². The van der Waals surface area contributed by atoms with E-state index >= 15 is 0 Å². The molecule has 2 aromatic carbocycles. The third-order valence-electron chi connectivity index (χ3n) is 3.68. The molecule has 0 aliphatic rings. The van der Waals surface area contributed by atoms with Crippen LogP contribution in [0.1, 0.15) is 17.2 Å². The number of ether oxygens (including phenoxy) is 4. The van der Waals surface area contributed by atoms with E-state index in [4.69, 9.17) is 24.7 Å². The SMILES string of the molecule is COc1cc(CC(=O)OC(C(N)=O)c2ccccc2)cc(OC)c1OC. The third kappa shape index (κ3) is 4.44. The molecular weight excluding hydrogens is 338 g/mol. The molecule has 0 aromatic heterocycles. The molecule has 138 valence electrons. The lowest BCUT2D eigenvalue weighted by molar-refractivity contribution is -0.154. The van der Waals surface area contributed by atoms with E-state index in [9.17, 15) is 9.59 Å². The fraction of sp³-hybridized carbons (Fsp3) is 0.263. The predicted octanol–water partition coefficient (Wildman–Crippen LogP) is 2.02.